The molecule has 5 rings (SSSR count). The molecule has 0 spiro atoms. The van der Waals surface area contributed by atoms with Crippen LogP contribution in [-0.4, -0.2) is 51.3 Å². The molecule has 0 atom stereocenters. The van der Waals surface area contributed by atoms with Gasteiger partial charge in [-0.15, -0.1) is 11.3 Å². The van der Waals surface area contributed by atoms with Gasteiger partial charge >= 0.3 is 0 Å². The number of benzene rings is 2. The lowest BCUT2D eigenvalue weighted by Gasteiger charge is -2.34. The minimum atomic E-state index is 0.0363. The zero-order chi connectivity index (χ0) is 22.2. The van der Waals surface area contributed by atoms with Crippen LogP contribution in [0.5, 0.6) is 0 Å². The van der Waals surface area contributed by atoms with Gasteiger partial charge in [0, 0.05) is 65.0 Å². The number of carbonyl (C=O) groups excluding carboxylic acids is 1. The Morgan fingerprint density at radius 2 is 1.78 bits per heavy atom. The summed E-state index contributed by atoms with van der Waals surface area (Å²) in [6, 6.07) is 15.0. The Bertz CT molecular complexity index is 1270. The number of amides is 1. The molecule has 8 heteroatoms. The van der Waals surface area contributed by atoms with E-state index in [-0.39, 0.29) is 5.91 Å². The van der Waals surface area contributed by atoms with Crippen molar-refractivity contribution in [3.8, 4) is 11.3 Å². The number of nitrogens with zero attached hydrogens (tertiary/aromatic N) is 4. The van der Waals surface area contributed by atoms with Gasteiger partial charge in [-0.1, -0.05) is 41.4 Å². The van der Waals surface area contributed by atoms with Gasteiger partial charge in [-0.25, -0.2) is 4.98 Å². The summed E-state index contributed by atoms with van der Waals surface area (Å²) in [4.78, 5) is 24.3. The molecule has 2 aromatic carbocycles. The van der Waals surface area contributed by atoms with E-state index >= 15 is 0 Å². The fourth-order valence-electron chi connectivity index (χ4n) is 4.12. The number of halogens is 2. The molecule has 1 aliphatic rings. The predicted octanol–water partition coefficient (Wildman–Crippen LogP) is 5.64. The highest BCUT2D eigenvalue weighted by molar-refractivity contribution is 7.17. The number of hydrogen-bond acceptors (Lipinski definition) is 4. The predicted molar refractivity (Wildman–Crippen MR) is 131 cm³/mol. The first-order valence-corrected chi connectivity index (χ1v) is 12.1. The smallest absolute Gasteiger partial charge is 0.253 e. The SMILES string of the molecule is Cc1cn2c(CN3CCN(C(=O)c4cccc(Cl)c4)CC3)c(-c3ccc(Cl)cc3)nc2s1. The molecule has 0 radical (unpaired) electrons. The molecule has 0 unspecified atom stereocenters. The third-order valence-corrected chi connectivity index (χ3v) is 7.15. The number of fused-ring (bicyclic) bond motifs is 1. The lowest BCUT2D eigenvalue weighted by Crippen LogP contribution is -2.48. The maximum atomic E-state index is 12.8. The number of carbonyl (C=O) groups is 1. The summed E-state index contributed by atoms with van der Waals surface area (Å²) in [6.45, 7) is 5.86. The molecule has 1 saturated heterocycles. The number of thiazole rings is 1. The Labute approximate surface area is 200 Å². The van der Waals surface area contributed by atoms with Crippen molar-refractivity contribution in [3.05, 3.63) is 80.9 Å². The van der Waals surface area contributed by atoms with Gasteiger partial charge in [0.2, 0.25) is 0 Å². The minimum absolute atomic E-state index is 0.0363. The second-order valence-corrected chi connectivity index (χ2v) is 10.1. The molecule has 5 nitrogen and oxygen atoms in total. The largest absolute Gasteiger partial charge is 0.336 e. The number of imidazole rings is 1. The van der Waals surface area contributed by atoms with E-state index < -0.39 is 0 Å². The molecular weight excluding hydrogens is 463 g/mol. The van der Waals surface area contributed by atoms with Crippen LogP contribution in [0.2, 0.25) is 10.0 Å². The standard InChI is InChI=1S/C24H22Cl2N4OS/c1-16-14-30-21(22(27-24(30)32-16)17-5-7-19(25)8-6-17)15-28-9-11-29(12-10-28)23(31)18-3-2-4-20(26)13-18/h2-8,13-14H,9-12,15H2,1H3. The fourth-order valence-corrected chi connectivity index (χ4v) is 5.28. The van der Waals surface area contributed by atoms with Crippen molar-refractivity contribution in [3.63, 3.8) is 0 Å². The topological polar surface area (TPSA) is 40.9 Å². The molecule has 0 saturated carbocycles. The van der Waals surface area contributed by atoms with E-state index in [1.165, 1.54) is 10.6 Å². The molecule has 3 heterocycles. The van der Waals surface area contributed by atoms with Crippen LogP contribution in [0.4, 0.5) is 0 Å². The molecule has 0 aliphatic carbocycles. The summed E-state index contributed by atoms with van der Waals surface area (Å²) >= 11 is 13.8. The third-order valence-electron chi connectivity index (χ3n) is 5.76. The highest BCUT2D eigenvalue weighted by Crippen LogP contribution is 2.30. The first-order valence-electron chi connectivity index (χ1n) is 10.5. The fraction of sp³-hybridized carbons (Fsp3) is 0.250. The second kappa shape index (κ2) is 8.87. The van der Waals surface area contributed by atoms with Crippen molar-refractivity contribution in [1.29, 1.82) is 0 Å². The Morgan fingerprint density at radius 1 is 1.03 bits per heavy atom. The molecule has 0 bridgehead atoms. The maximum absolute atomic E-state index is 12.8. The van der Waals surface area contributed by atoms with E-state index in [0.717, 1.165) is 35.9 Å². The first-order chi connectivity index (χ1) is 15.5. The second-order valence-electron chi connectivity index (χ2n) is 7.99. The number of rotatable bonds is 4. The number of hydrogen-bond donors (Lipinski definition) is 0. The zero-order valence-corrected chi connectivity index (χ0v) is 19.9. The van der Waals surface area contributed by atoms with Gasteiger partial charge in [-0.2, -0.15) is 0 Å². The van der Waals surface area contributed by atoms with Crippen molar-refractivity contribution in [2.24, 2.45) is 0 Å². The van der Waals surface area contributed by atoms with E-state index in [2.05, 4.69) is 22.4 Å². The van der Waals surface area contributed by atoms with Crippen molar-refractivity contribution < 1.29 is 4.79 Å². The van der Waals surface area contributed by atoms with Crippen LogP contribution in [0, 0.1) is 6.92 Å². The summed E-state index contributed by atoms with van der Waals surface area (Å²) in [5.41, 5.74) is 3.86. The van der Waals surface area contributed by atoms with Gasteiger partial charge in [-0.05, 0) is 37.3 Å². The van der Waals surface area contributed by atoms with Gasteiger partial charge in [0.1, 0.15) is 0 Å². The quantitative estimate of drug-likeness (QED) is 0.376. The summed E-state index contributed by atoms with van der Waals surface area (Å²) in [5.74, 6) is 0.0363. The van der Waals surface area contributed by atoms with E-state index in [0.29, 0.717) is 28.7 Å². The number of aryl methyl sites for hydroxylation is 1. The summed E-state index contributed by atoms with van der Waals surface area (Å²) in [7, 11) is 0. The molecule has 164 valence electrons. The monoisotopic (exact) mass is 484 g/mol. The van der Waals surface area contributed by atoms with Gasteiger partial charge in [0.05, 0.1) is 11.4 Å². The Kier molecular flexibility index (Phi) is 5.95. The van der Waals surface area contributed by atoms with Crippen LogP contribution < -0.4 is 0 Å². The molecular formula is C24H22Cl2N4OS. The number of piperazine rings is 1. The van der Waals surface area contributed by atoms with Gasteiger partial charge in [-0.3, -0.25) is 14.1 Å². The summed E-state index contributed by atoms with van der Waals surface area (Å²) in [6.07, 6.45) is 2.15. The van der Waals surface area contributed by atoms with Crippen molar-refractivity contribution in [1.82, 2.24) is 19.2 Å². The molecule has 1 fully saturated rings. The van der Waals surface area contributed by atoms with Crippen molar-refractivity contribution in [2.75, 3.05) is 26.2 Å². The Morgan fingerprint density at radius 3 is 2.50 bits per heavy atom. The maximum Gasteiger partial charge on any atom is 0.253 e. The Balaban J connectivity index is 1.34. The first kappa shape index (κ1) is 21.5. The molecule has 1 amide bonds. The van der Waals surface area contributed by atoms with E-state index in [1.807, 2.05) is 41.3 Å². The van der Waals surface area contributed by atoms with Crippen LogP contribution in [0.25, 0.3) is 16.2 Å². The lowest BCUT2D eigenvalue weighted by molar-refractivity contribution is 0.0627. The van der Waals surface area contributed by atoms with Crippen LogP contribution >= 0.6 is 34.5 Å². The van der Waals surface area contributed by atoms with Gasteiger partial charge in [0.15, 0.2) is 4.96 Å². The van der Waals surface area contributed by atoms with E-state index in [1.54, 1.807) is 23.5 Å². The normalized spacial score (nSPS) is 14.9. The molecule has 2 aromatic heterocycles. The molecule has 0 N–H and O–H groups in total. The average Bonchev–Trinajstić information content (AvgIpc) is 3.31. The van der Waals surface area contributed by atoms with E-state index in [9.17, 15) is 4.79 Å². The van der Waals surface area contributed by atoms with Gasteiger partial charge < -0.3 is 4.90 Å². The number of aromatic nitrogens is 2. The molecule has 1 aliphatic heterocycles. The van der Waals surface area contributed by atoms with Crippen LogP contribution in [0.1, 0.15) is 20.9 Å². The average molecular weight is 485 g/mol. The van der Waals surface area contributed by atoms with Crippen LogP contribution in [0.3, 0.4) is 0 Å². The zero-order valence-electron chi connectivity index (χ0n) is 17.6. The summed E-state index contributed by atoms with van der Waals surface area (Å²) in [5, 5.41) is 1.30. The minimum Gasteiger partial charge on any atom is -0.336 e. The van der Waals surface area contributed by atoms with Crippen LogP contribution in [-0.2, 0) is 6.54 Å². The van der Waals surface area contributed by atoms with Crippen molar-refractivity contribution >= 4 is 45.4 Å². The summed E-state index contributed by atoms with van der Waals surface area (Å²) < 4.78 is 2.20. The van der Waals surface area contributed by atoms with E-state index in [4.69, 9.17) is 28.2 Å². The third kappa shape index (κ3) is 4.28. The van der Waals surface area contributed by atoms with Crippen molar-refractivity contribution in [2.45, 2.75) is 13.5 Å². The lowest BCUT2D eigenvalue weighted by atomic mass is 10.1. The van der Waals surface area contributed by atoms with Gasteiger partial charge in [0.25, 0.3) is 5.91 Å². The molecule has 4 aromatic rings. The highest BCUT2D eigenvalue weighted by Gasteiger charge is 2.25. The highest BCUT2D eigenvalue weighted by atomic mass is 35.5. The van der Waals surface area contributed by atoms with Crippen LogP contribution in [0.15, 0.2) is 54.7 Å². The Hall–Kier alpha value is -2.38. The molecule has 32 heavy (non-hydrogen) atoms.